The maximum atomic E-state index is 12.3. The maximum absolute atomic E-state index is 12.3. The molecular weight excluding hydrogens is 316 g/mol. The average Bonchev–Trinajstić information content (AvgIpc) is 2.97. The molecule has 1 N–H and O–H groups in total. The van der Waals surface area contributed by atoms with Crippen LogP contribution >= 0.6 is 0 Å². The minimum atomic E-state index is -1.09. The molecule has 3 aromatic rings. The highest BCUT2D eigenvalue weighted by molar-refractivity contribution is 7.90. The van der Waals surface area contributed by atoms with E-state index in [1.807, 2.05) is 39.0 Å². The topological polar surface area (TPSA) is 40.0 Å². The molecule has 0 bridgehead atoms. The van der Waals surface area contributed by atoms with Crippen LogP contribution in [0.15, 0.2) is 60.8 Å². The number of nitrogens with one attached hydrogen (secondary N) is 1. The Morgan fingerprint density at radius 1 is 1.04 bits per heavy atom. The number of hydrogen-bond donors (Lipinski definition) is 1. The number of para-hydroxylation sites is 1. The molecule has 2 atom stereocenters. The zero-order valence-corrected chi connectivity index (χ0v) is 15.4. The molecule has 0 aliphatic rings. The summed E-state index contributed by atoms with van der Waals surface area (Å²) in [6.07, 6.45) is 2.09. The predicted octanol–water partition coefficient (Wildman–Crippen LogP) is 4.74. The highest BCUT2D eigenvalue weighted by Gasteiger charge is 2.28. The Morgan fingerprint density at radius 2 is 1.75 bits per heavy atom. The molecule has 0 amide bonds. The van der Waals surface area contributed by atoms with Gasteiger partial charge < -0.3 is 9.12 Å². The third-order valence-electron chi connectivity index (χ3n) is 4.09. The Kier molecular flexibility index (Phi) is 4.72. The largest absolute Gasteiger partial charge is 0.598 e. The van der Waals surface area contributed by atoms with Crippen molar-refractivity contribution in [1.29, 1.82) is 0 Å². The number of rotatable bonds is 4. The number of aromatic nitrogens is 1. The van der Waals surface area contributed by atoms with Gasteiger partial charge >= 0.3 is 0 Å². The summed E-state index contributed by atoms with van der Waals surface area (Å²) in [5, 5.41) is 1.20. The summed E-state index contributed by atoms with van der Waals surface area (Å²) in [6, 6.07) is 18.9. The quantitative estimate of drug-likeness (QED) is 0.697. The molecule has 0 aliphatic carbocycles. The van der Waals surface area contributed by atoms with E-state index in [0.29, 0.717) is 0 Å². The molecule has 24 heavy (non-hydrogen) atoms. The van der Waals surface area contributed by atoms with Crippen molar-refractivity contribution in [2.75, 3.05) is 0 Å². The number of fused-ring (bicyclic) bond motifs is 1. The summed E-state index contributed by atoms with van der Waals surface area (Å²) in [5.41, 5.74) is 3.44. The van der Waals surface area contributed by atoms with Crippen LogP contribution < -0.4 is 4.72 Å². The zero-order chi connectivity index (χ0) is 17.3. The highest BCUT2D eigenvalue weighted by atomic mass is 32.2. The third kappa shape index (κ3) is 3.51. The molecule has 2 aromatic carbocycles. The zero-order valence-electron chi connectivity index (χ0n) is 14.6. The molecule has 126 valence electrons. The van der Waals surface area contributed by atoms with E-state index in [2.05, 4.69) is 58.8 Å². The van der Waals surface area contributed by atoms with Crippen molar-refractivity contribution in [3.05, 3.63) is 66.4 Å². The van der Waals surface area contributed by atoms with Crippen LogP contribution in [0, 0.1) is 0 Å². The van der Waals surface area contributed by atoms with E-state index >= 15 is 0 Å². The number of benzene rings is 2. The van der Waals surface area contributed by atoms with Gasteiger partial charge in [0.2, 0.25) is 0 Å². The highest BCUT2D eigenvalue weighted by Crippen LogP contribution is 2.26. The van der Waals surface area contributed by atoms with Crippen LogP contribution in [0.3, 0.4) is 0 Å². The number of nitrogens with zero attached hydrogens (tertiary/aromatic N) is 1. The van der Waals surface area contributed by atoms with Gasteiger partial charge in [0, 0.05) is 23.2 Å². The van der Waals surface area contributed by atoms with Crippen molar-refractivity contribution >= 4 is 22.3 Å². The van der Waals surface area contributed by atoms with Gasteiger partial charge in [-0.3, -0.25) is 0 Å². The molecule has 0 radical (unpaired) electrons. The van der Waals surface area contributed by atoms with E-state index < -0.39 is 11.4 Å². The van der Waals surface area contributed by atoms with Crippen LogP contribution in [0.2, 0.25) is 0 Å². The van der Waals surface area contributed by atoms with Crippen molar-refractivity contribution in [3.8, 4) is 5.69 Å². The maximum Gasteiger partial charge on any atom is 0.136 e. The second kappa shape index (κ2) is 6.63. The predicted molar refractivity (Wildman–Crippen MR) is 103 cm³/mol. The van der Waals surface area contributed by atoms with Crippen molar-refractivity contribution in [2.45, 2.75) is 38.5 Å². The molecule has 1 unspecified atom stereocenters. The van der Waals surface area contributed by atoms with Crippen molar-refractivity contribution in [2.24, 2.45) is 0 Å². The molecule has 3 nitrogen and oxygen atoms in total. The van der Waals surface area contributed by atoms with Gasteiger partial charge in [0.25, 0.3) is 0 Å². The van der Waals surface area contributed by atoms with Gasteiger partial charge in [-0.05, 0) is 62.9 Å². The second-order valence-corrected chi connectivity index (χ2v) is 9.06. The van der Waals surface area contributed by atoms with Crippen LogP contribution in [0.1, 0.15) is 39.3 Å². The van der Waals surface area contributed by atoms with E-state index in [1.165, 1.54) is 5.39 Å². The van der Waals surface area contributed by atoms with Crippen LogP contribution in [-0.2, 0) is 11.4 Å². The fraction of sp³-hybridized carbons (Fsp3) is 0.300. The second-order valence-electron chi connectivity index (χ2n) is 7.06. The first-order valence-electron chi connectivity index (χ1n) is 8.21. The lowest BCUT2D eigenvalue weighted by Crippen LogP contribution is -2.40. The number of hydrogen-bond acceptors (Lipinski definition) is 2. The first-order chi connectivity index (χ1) is 11.4. The van der Waals surface area contributed by atoms with Crippen molar-refractivity contribution in [1.82, 2.24) is 9.29 Å². The molecule has 3 rings (SSSR count). The normalized spacial score (nSPS) is 14.7. The molecule has 0 spiro atoms. The van der Waals surface area contributed by atoms with Gasteiger partial charge in [0.15, 0.2) is 0 Å². The Labute approximate surface area is 147 Å². The molecule has 4 heteroatoms. The Hall–Kier alpha value is -1.75. The van der Waals surface area contributed by atoms with Gasteiger partial charge in [0.1, 0.15) is 4.75 Å². The minimum absolute atomic E-state index is 0.0218. The summed E-state index contributed by atoms with van der Waals surface area (Å²) >= 11 is -1.09. The summed E-state index contributed by atoms with van der Waals surface area (Å²) in [5.74, 6) is 0. The Balaban J connectivity index is 1.93. The molecule has 1 heterocycles. The third-order valence-corrected chi connectivity index (χ3v) is 5.77. The van der Waals surface area contributed by atoms with Crippen LogP contribution in [0.4, 0.5) is 0 Å². The van der Waals surface area contributed by atoms with E-state index in [-0.39, 0.29) is 10.8 Å². The first kappa shape index (κ1) is 17.1. The summed E-state index contributed by atoms with van der Waals surface area (Å²) in [6.45, 7) is 7.99. The summed E-state index contributed by atoms with van der Waals surface area (Å²) in [4.78, 5) is 0. The van der Waals surface area contributed by atoms with E-state index in [9.17, 15) is 4.55 Å². The molecule has 0 fully saturated rings. The standard InChI is InChI=1S/C20H24N2OS/c1-15(21-24(23)20(2,3)4)17-11-10-16-12-13-22(19(16)14-17)18-8-6-5-7-9-18/h5-15,21H,1-4H3/t15-,24?/m0/s1. The molecule has 0 aliphatic heterocycles. The lowest BCUT2D eigenvalue weighted by molar-refractivity contribution is 0.531. The Bertz CT molecular complexity index is 821. The fourth-order valence-electron chi connectivity index (χ4n) is 2.63. The van der Waals surface area contributed by atoms with Crippen molar-refractivity contribution < 1.29 is 4.55 Å². The fourth-order valence-corrected chi connectivity index (χ4v) is 3.44. The molecular formula is C20H24N2OS. The SMILES string of the molecule is C[C@H](N[S+]([O-])C(C)(C)C)c1ccc2ccn(-c3ccccc3)c2c1. The van der Waals surface area contributed by atoms with Gasteiger partial charge in [-0.1, -0.05) is 30.3 Å². The molecule has 1 aromatic heterocycles. The summed E-state index contributed by atoms with van der Waals surface area (Å²) < 4.78 is 17.5. The van der Waals surface area contributed by atoms with Crippen LogP contribution in [-0.4, -0.2) is 13.9 Å². The molecule has 0 saturated carbocycles. The lowest BCUT2D eigenvalue weighted by atomic mass is 10.1. The van der Waals surface area contributed by atoms with E-state index in [0.717, 1.165) is 16.8 Å². The van der Waals surface area contributed by atoms with Crippen LogP contribution in [0.25, 0.3) is 16.6 Å². The van der Waals surface area contributed by atoms with Crippen LogP contribution in [0.5, 0.6) is 0 Å². The molecule has 0 saturated heterocycles. The first-order valence-corrected chi connectivity index (χ1v) is 9.36. The van der Waals surface area contributed by atoms with E-state index in [4.69, 9.17) is 0 Å². The lowest BCUT2D eigenvalue weighted by Gasteiger charge is -2.26. The van der Waals surface area contributed by atoms with Gasteiger partial charge in [0.05, 0.1) is 11.6 Å². The van der Waals surface area contributed by atoms with Crippen molar-refractivity contribution in [3.63, 3.8) is 0 Å². The average molecular weight is 340 g/mol. The Morgan fingerprint density at radius 3 is 2.42 bits per heavy atom. The van der Waals surface area contributed by atoms with E-state index in [1.54, 1.807) is 0 Å². The minimum Gasteiger partial charge on any atom is -0.598 e. The van der Waals surface area contributed by atoms with Gasteiger partial charge in [-0.15, -0.1) is 4.72 Å². The summed E-state index contributed by atoms with van der Waals surface area (Å²) in [7, 11) is 0. The smallest absolute Gasteiger partial charge is 0.136 e. The van der Waals surface area contributed by atoms with Gasteiger partial charge in [-0.2, -0.15) is 0 Å². The monoisotopic (exact) mass is 340 g/mol. The van der Waals surface area contributed by atoms with Gasteiger partial charge in [-0.25, -0.2) is 0 Å².